The van der Waals surface area contributed by atoms with Gasteiger partial charge in [0.1, 0.15) is 11.0 Å². The van der Waals surface area contributed by atoms with Crippen LogP contribution in [0, 0.1) is 0 Å². The molecule has 2 rings (SSSR count). The number of sulfonamides is 1. The molecule has 1 saturated heterocycles. The van der Waals surface area contributed by atoms with Crippen LogP contribution in [0.4, 0.5) is 0 Å². The van der Waals surface area contributed by atoms with E-state index in [2.05, 4.69) is 0 Å². The van der Waals surface area contributed by atoms with E-state index in [4.69, 9.17) is 0 Å². The highest BCUT2D eigenvalue weighted by Crippen LogP contribution is 2.40. The van der Waals surface area contributed by atoms with Gasteiger partial charge in [-0.15, -0.1) is 0 Å². The molecular formula is C10H17NO3S. The minimum atomic E-state index is -3.37. The molecule has 0 bridgehead atoms. The number of nitrogens with zero attached hydrogens (tertiary/aromatic N) is 1. The molecule has 0 unspecified atom stereocenters. The normalized spacial score (nSPS) is 26.9. The Bertz CT molecular complexity index is 340. The van der Waals surface area contributed by atoms with Gasteiger partial charge in [-0.05, 0) is 32.1 Å². The number of hydrogen-bond donors (Lipinski definition) is 0. The number of carbonyl (C=O) groups is 1. The summed E-state index contributed by atoms with van der Waals surface area (Å²) in [6.07, 6.45) is 5.47. The fourth-order valence-electron chi connectivity index (χ4n) is 2.32. The molecule has 1 saturated carbocycles. The van der Waals surface area contributed by atoms with Crippen molar-refractivity contribution in [3.05, 3.63) is 0 Å². The number of rotatable bonds is 3. The maximum absolute atomic E-state index is 12.2. The Kier molecular flexibility index (Phi) is 2.85. The first kappa shape index (κ1) is 11.1. The van der Waals surface area contributed by atoms with Crippen molar-refractivity contribution < 1.29 is 13.2 Å². The third-order valence-corrected chi connectivity index (χ3v) is 6.16. The Labute approximate surface area is 90.7 Å². The SMILES string of the molecule is O=CC1(S(=O)(=O)N2CCCCC2)CCC1. The summed E-state index contributed by atoms with van der Waals surface area (Å²) in [4.78, 5) is 11.0. The van der Waals surface area contributed by atoms with Crippen molar-refractivity contribution in [2.24, 2.45) is 0 Å². The molecule has 0 amide bonds. The predicted octanol–water partition coefficient (Wildman–Crippen LogP) is 0.924. The molecule has 1 heterocycles. The molecule has 0 atom stereocenters. The van der Waals surface area contributed by atoms with Crippen molar-refractivity contribution >= 4 is 16.3 Å². The number of hydrogen-bond acceptors (Lipinski definition) is 3. The summed E-state index contributed by atoms with van der Waals surface area (Å²) in [7, 11) is -3.37. The molecule has 0 aromatic rings. The zero-order valence-electron chi connectivity index (χ0n) is 8.81. The van der Waals surface area contributed by atoms with E-state index in [0.29, 0.717) is 32.2 Å². The molecule has 0 aromatic heterocycles. The van der Waals surface area contributed by atoms with Gasteiger partial charge in [0, 0.05) is 13.1 Å². The highest BCUT2D eigenvalue weighted by Gasteiger charge is 2.51. The van der Waals surface area contributed by atoms with Crippen LogP contribution >= 0.6 is 0 Å². The molecule has 5 heteroatoms. The zero-order valence-corrected chi connectivity index (χ0v) is 9.63. The second kappa shape index (κ2) is 3.87. The van der Waals surface area contributed by atoms with Crippen molar-refractivity contribution in [3.8, 4) is 0 Å². The molecule has 15 heavy (non-hydrogen) atoms. The van der Waals surface area contributed by atoms with E-state index < -0.39 is 14.8 Å². The first-order valence-corrected chi connectivity index (χ1v) is 7.02. The maximum Gasteiger partial charge on any atom is 0.226 e. The molecule has 0 aromatic carbocycles. The fourth-order valence-corrected chi connectivity index (χ4v) is 4.50. The summed E-state index contributed by atoms with van der Waals surface area (Å²) >= 11 is 0. The quantitative estimate of drug-likeness (QED) is 0.679. The predicted molar refractivity (Wildman–Crippen MR) is 57.0 cm³/mol. The smallest absolute Gasteiger partial charge is 0.226 e. The summed E-state index contributed by atoms with van der Waals surface area (Å²) < 4.78 is 24.9. The standard InChI is InChI=1S/C10H17NO3S/c12-9-10(5-4-6-10)15(13,14)11-7-2-1-3-8-11/h9H,1-8H2. The molecule has 86 valence electrons. The average Bonchev–Trinajstić information content (AvgIpc) is 2.18. The van der Waals surface area contributed by atoms with Gasteiger partial charge in [-0.3, -0.25) is 0 Å². The molecule has 0 N–H and O–H groups in total. The van der Waals surface area contributed by atoms with Crippen molar-refractivity contribution in [3.63, 3.8) is 0 Å². The number of aldehydes is 1. The first-order valence-electron chi connectivity index (χ1n) is 5.58. The van der Waals surface area contributed by atoms with Gasteiger partial charge in [0.15, 0.2) is 0 Å². The Balaban J connectivity index is 2.21. The largest absolute Gasteiger partial charge is 0.302 e. The van der Waals surface area contributed by atoms with E-state index in [1.165, 1.54) is 4.31 Å². The van der Waals surface area contributed by atoms with Crippen molar-refractivity contribution in [2.75, 3.05) is 13.1 Å². The number of piperidine rings is 1. The van der Waals surface area contributed by atoms with Crippen molar-refractivity contribution in [2.45, 2.75) is 43.3 Å². The van der Waals surface area contributed by atoms with Crippen LogP contribution in [0.25, 0.3) is 0 Å². The topological polar surface area (TPSA) is 54.5 Å². The van der Waals surface area contributed by atoms with Gasteiger partial charge in [-0.2, -0.15) is 0 Å². The van der Waals surface area contributed by atoms with E-state index in [1.807, 2.05) is 0 Å². The summed E-state index contributed by atoms with van der Waals surface area (Å²) in [6.45, 7) is 1.19. The van der Waals surface area contributed by atoms with Gasteiger partial charge < -0.3 is 4.79 Å². The summed E-state index contributed by atoms with van der Waals surface area (Å²) in [6, 6.07) is 0. The minimum absolute atomic E-state index is 0.509. The second-order valence-electron chi connectivity index (χ2n) is 4.50. The Morgan fingerprint density at radius 2 is 1.60 bits per heavy atom. The van der Waals surface area contributed by atoms with Crippen molar-refractivity contribution in [1.29, 1.82) is 0 Å². The average molecular weight is 231 g/mol. The van der Waals surface area contributed by atoms with Gasteiger partial charge >= 0.3 is 0 Å². The van der Waals surface area contributed by atoms with E-state index in [0.717, 1.165) is 25.7 Å². The Morgan fingerprint density at radius 1 is 1.00 bits per heavy atom. The minimum Gasteiger partial charge on any atom is -0.302 e. The molecular weight excluding hydrogens is 214 g/mol. The van der Waals surface area contributed by atoms with Crippen LogP contribution in [0.1, 0.15) is 38.5 Å². The Hall–Kier alpha value is -0.420. The lowest BCUT2D eigenvalue weighted by molar-refractivity contribution is -0.111. The van der Waals surface area contributed by atoms with Gasteiger partial charge in [0.2, 0.25) is 10.0 Å². The van der Waals surface area contributed by atoms with Crippen molar-refractivity contribution in [1.82, 2.24) is 4.31 Å². The van der Waals surface area contributed by atoms with E-state index >= 15 is 0 Å². The molecule has 0 spiro atoms. The highest BCUT2D eigenvalue weighted by molar-refractivity contribution is 7.91. The van der Waals surface area contributed by atoms with Crippen LogP contribution in [-0.2, 0) is 14.8 Å². The van der Waals surface area contributed by atoms with E-state index in [9.17, 15) is 13.2 Å². The number of carbonyl (C=O) groups excluding carboxylic acids is 1. The monoisotopic (exact) mass is 231 g/mol. The lowest BCUT2D eigenvalue weighted by Gasteiger charge is -2.40. The van der Waals surface area contributed by atoms with Gasteiger partial charge in [-0.1, -0.05) is 6.42 Å². The van der Waals surface area contributed by atoms with Gasteiger partial charge in [-0.25, -0.2) is 12.7 Å². The summed E-state index contributed by atoms with van der Waals surface area (Å²) in [5.74, 6) is 0. The first-order chi connectivity index (χ1) is 7.12. The van der Waals surface area contributed by atoms with Crippen LogP contribution in [0.2, 0.25) is 0 Å². The molecule has 1 aliphatic heterocycles. The van der Waals surface area contributed by atoms with Crippen LogP contribution in [0.5, 0.6) is 0 Å². The third-order valence-electron chi connectivity index (χ3n) is 3.58. The molecule has 4 nitrogen and oxygen atoms in total. The Morgan fingerprint density at radius 3 is 2.00 bits per heavy atom. The van der Waals surface area contributed by atoms with Crippen LogP contribution in [0.3, 0.4) is 0 Å². The lowest BCUT2D eigenvalue weighted by atomic mass is 9.86. The third kappa shape index (κ3) is 1.61. The lowest BCUT2D eigenvalue weighted by Crippen LogP contribution is -2.54. The van der Waals surface area contributed by atoms with Crippen LogP contribution < -0.4 is 0 Å². The zero-order chi connectivity index (χ0) is 10.9. The summed E-state index contributed by atoms with van der Waals surface area (Å²) in [5.41, 5.74) is 0. The van der Waals surface area contributed by atoms with Crippen LogP contribution in [-0.4, -0.2) is 36.8 Å². The maximum atomic E-state index is 12.2. The van der Waals surface area contributed by atoms with E-state index in [1.54, 1.807) is 0 Å². The van der Waals surface area contributed by atoms with Gasteiger partial charge in [0.05, 0.1) is 0 Å². The van der Waals surface area contributed by atoms with Crippen LogP contribution in [0.15, 0.2) is 0 Å². The van der Waals surface area contributed by atoms with Gasteiger partial charge in [0.25, 0.3) is 0 Å². The molecule has 1 aliphatic carbocycles. The summed E-state index contributed by atoms with van der Waals surface area (Å²) in [5, 5.41) is 0. The highest BCUT2D eigenvalue weighted by atomic mass is 32.2. The second-order valence-corrected chi connectivity index (χ2v) is 6.78. The molecule has 0 radical (unpaired) electrons. The van der Waals surface area contributed by atoms with E-state index in [-0.39, 0.29) is 0 Å². The molecule has 2 aliphatic rings. The molecule has 2 fully saturated rings. The fraction of sp³-hybridized carbons (Fsp3) is 0.900.